The molecule has 0 atom stereocenters. The molecule has 0 unspecified atom stereocenters. The number of hydrogen-bond donors (Lipinski definition) is 1. The van der Waals surface area contributed by atoms with Crippen LogP contribution in [0.1, 0.15) is 26.3 Å². The Labute approximate surface area is 141 Å². The minimum absolute atomic E-state index is 0.283. The lowest BCUT2D eigenvalue weighted by molar-refractivity contribution is 0.0959. The molecular weight excluding hydrogens is 336 g/mol. The van der Waals surface area contributed by atoms with E-state index in [9.17, 15) is 4.79 Å². The molecule has 0 aliphatic carbocycles. The molecule has 0 aliphatic rings. The molecule has 0 bridgehead atoms. The van der Waals surface area contributed by atoms with Crippen molar-refractivity contribution in [2.24, 2.45) is 5.10 Å². The Morgan fingerprint density at radius 1 is 1.27 bits per heavy atom. The first-order valence-electron chi connectivity index (χ1n) is 6.78. The molecule has 2 aromatic heterocycles. The summed E-state index contributed by atoms with van der Waals surface area (Å²) in [5.41, 5.74) is 2.54. The summed E-state index contributed by atoms with van der Waals surface area (Å²) in [5.74, 6) is -0.283. The van der Waals surface area contributed by atoms with E-state index in [0.717, 1.165) is 21.4 Å². The molecule has 6 heteroatoms. The van der Waals surface area contributed by atoms with Crippen LogP contribution in [0.15, 0.2) is 41.5 Å². The number of amides is 1. The van der Waals surface area contributed by atoms with E-state index >= 15 is 0 Å². The molecule has 3 aromatic rings. The highest BCUT2D eigenvalue weighted by Gasteiger charge is 2.16. The minimum Gasteiger partial charge on any atom is -0.266 e. The third kappa shape index (κ3) is 3.06. The van der Waals surface area contributed by atoms with Crippen molar-refractivity contribution in [1.29, 1.82) is 0 Å². The molecule has 0 radical (unpaired) electrons. The second-order valence-electron chi connectivity index (χ2n) is 4.60. The van der Waals surface area contributed by atoms with Gasteiger partial charge in [-0.15, -0.1) is 22.7 Å². The summed E-state index contributed by atoms with van der Waals surface area (Å²) in [6, 6.07) is 11.7. The van der Waals surface area contributed by atoms with Gasteiger partial charge in [-0.25, -0.2) is 5.43 Å². The van der Waals surface area contributed by atoms with E-state index in [-0.39, 0.29) is 5.91 Å². The Morgan fingerprint density at radius 3 is 2.82 bits per heavy atom. The van der Waals surface area contributed by atoms with Crippen LogP contribution in [0.5, 0.6) is 0 Å². The summed E-state index contributed by atoms with van der Waals surface area (Å²) in [7, 11) is 0. The Kier molecular flexibility index (Phi) is 4.57. The van der Waals surface area contributed by atoms with Crippen LogP contribution >= 0.6 is 34.3 Å². The summed E-state index contributed by atoms with van der Waals surface area (Å²) in [4.78, 5) is 15.0. The van der Waals surface area contributed by atoms with Crippen LogP contribution in [-0.4, -0.2) is 12.1 Å². The van der Waals surface area contributed by atoms with Crippen molar-refractivity contribution in [3.8, 4) is 0 Å². The van der Waals surface area contributed by atoms with Crippen LogP contribution in [-0.2, 0) is 6.42 Å². The van der Waals surface area contributed by atoms with E-state index < -0.39 is 0 Å². The van der Waals surface area contributed by atoms with Gasteiger partial charge < -0.3 is 0 Å². The number of thiophene rings is 2. The van der Waals surface area contributed by atoms with Crippen molar-refractivity contribution in [2.75, 3.05) is 0 Å². The van der Waals surface area contributed by atoms with Crippen molar-refractivity contribution in [3.05, 3.63) is 56.1 Å². The quantitative estimate of drug-likeness (QED) is 0.526. The van der Waals surface area contributed by atoms with Crippen LogP contribution in [0.25, 0.3) is 10.1 Å². The van der Waals surface area contributed by atoms with Crippen LogP contribution in [0.3, 0.4) is 0 Å². The maximum absolute atomic E-state index is 12.2. The largest absolute Gasteiger partial charge is 0.283 e. The summed E-state index contributed by atoms with van der Waals surface area (Å²) < 4.78 is 0.993. The highest BCUT2D eigenvalue weighted by Crippen LogP contribution is 2.34. The summed E-state index contributed by atoms with van der Waals surface area (Å²) >= 11 is 9.30. The van der Waals surface area contributed by atoms with E-state index in [4.69, 9.17) is 11.6 Å². The van der Waals surface area contributed by atoms with Crippen molar-refractivity contribution < 1.29 is 4.79 Å². The lowest BCUT2D eigenvalue weighted by atomic mass is 10.2. The van der Waals surface area contributed by atoms with E-state index in [2.05, 4.69) is 23.5 Å². The SMILES string of the molecule is CCc1ccc(C=NNC(=O)c2sc3ccccc3c2Cl)s1. The van der Waals surface area contributed by atoms with Gasteiger partial charge in [0.15, 0.2) is 0 Å². The minimum atomic E-state index is -0.283. The van der Waals surface area contributed by atoms with Crippen molar-refractivity contribution in [3.63, 3.8) is 0 Å². The molecule has 22 heavy (non-hydrogen) atoms. The zero-order chi connectivity index (χ0) is 15.5. The molecule has 1 aromatic carbocycles. The molecule has 0 aliphatic heterocycles. The maximum Gasteiger partial charge on any atom is 0.283 e. The molecule has 112 valence electrons. The fraction of sp³-hybridized carbons (Fsp3) is 0.125. The molecule has 0 saturated heterocycles. The lowest BCUT2D eigenvalue weighted by Gasteiger charge is -1.96. The first-order chi connectivity index (χ1) is 10.7. The highest BCUT2D eigenvalue weighted by molar-refractivity contribution is 7.21. The van der Waals surface area contributed by atoms with E-state index in [0.29, 0.717) is 9.90 Å². The van der Waals surface area contributed by atoms with Gasteiger partial charge in [0, 0.05) is 19.8 Å². The normalized spacial score (nSPS) is 11.4. The number of nitrogens with one attached hydrogen (secondary N) is 1. The second-order valence-corrected chi connectivity index (χ2v) is 7.23. The molecular formula is C16H13ClN2OS2. The molecule has 1 amide bonds. The number of hydrogen-bond acceptors (Lipinski definition) is 4. The standard InChI is InChI=1S/C16H13ClN2OS2/c1-2-10-7-8-11(21-10)9-18-19-16(20)15-14(17)12-5-3-4-6-13(12)22-15/h3-9H,2H2,1H3,(H,19,20). The van der Waals surface area contributed by atoms with Crippen LogP contribution in [0.2, 0.25) is 5.02 Å². The average Bonchev–Trinajstić information content (AvgIpc) is 3.12. The molecule has 0 spiro atoms. The van der Waals surface area contributed by atoms with Gasteiger partial charge in [0.2, 0.25) is 0 Å². The smallest absolute Gasteiger partial charge is 0.266 e. The van der Waals surface area contributed by atoms with E-state index in [1.54, 1.807) is 17.6 Å². The van der Waals surface area contributed by atoms with Gasteiger partial charge >= 0.3 is 0 Å². The number of carbonyl (C=O) groups is 1. The van der Waals surface area contributed by atoms with E-state index in [1.807, 2.05) is 30.3 Å². The van der Waals surface area contributed by atoms with Gasteiger partial charge in [-0.2, -0.15) is 5.10 Å². The predicted octanol–water partition coefficient (Wildman–Crippen LogP) is 4.94. The van der Waals surface area contributed by atoms with Gasteiger partial charge in [-0.3, -0.25) is 4.79 Å². The third-order valence-corrected chi connectivity index (χ3v) is 5.97. The van der Waals surface area contributed by atoms with Gasteiger partial charge in [0.1, 0.15) is 4.88 Å². The predicted molar refractivity (Wildman–Crippen MR) is 95.6 cm³/mol. The molecule has 0 fully saturated rings. The summed E-state index contributed by atoms with van der Waals surface area (Å²) in [6.07, 6.45) is 2.66. The number of benzene rings is 1. The molecule has 1 N–H and O–H groups in total. The summed E-state index contributed by atoms with van der Waals surface area (Å²) in [5, 5.41) is 5.39. The van der Waals surface area contributed by atoms with Crippen LogP contribution in [0.4, 0.5) is 0 Å². The lowest BCUT2D eigenvalue weighted by Crippen LogP contribution is -2.16. The fourth-order valence-corrected chi connectivity index (χ4v) is 4.25. The number of nitrogens with zero attached hydrogens (tertiary/aromatic N) is 1. The Morgan fingerprint density at radius 2 is 2.09 bits per heavy atom. The zero-order valence-corrected chi connectivity index (χ0v) is 14.2. The van der Waals surface area contributed by atoms with Crippen LogP contribution in [0, 0.1) is 0 Å². The number of aryl methyl sites for hydroxylation is 1. The number of hydrazone groups is 1. The maximum atomic E-state index is 12.2. The summed E-state index contributed by atoms with van der Waals surface area (Å²) in [6.45, 7) is 2.11. The highest BCUT2D eigenvalue weighted by atomic mass is 35.5. The first-order valence-corrected chi connectivity index (χ1v) is 8.79. The number of rotatable bonds is 4. The first kappa shape index (κ1) is 15.2. The average molecular weight is 349 g/mol. The Hall–Kier alpha value is -1.69. The fourth-order valence-electron chi connectivity index (χ4n) is 2.02. The molecule has 2 heterocycles. The molecule has 3 rings (SSSR count). The van der Waals surface area contributed by atoms with Gasteiger partial charge in [0.25, 0.3) is 5.91 Å². The van der Waals surface area contributed by atoms with Gasteiger partial charge in [-0.05, 0) is 24.6 Å². The van der Waals surface area contributed by atoms with Crippen molar-refractivity contribution in [2.45, 2.75) is 13.3 Å². The van der Waals surface area contributed by atoms with Gasteiger partial charge in [0.05, 0.1) is 11.2 Å². The Balaban J connectivity index is 1.74. The zero-order valence-electron chi connectivity index (χ0n) is 11.8. The number of fused-ring (bicyclic) bond motifs is 1. The Bertz CT molecular complexity index is 851. The third-order valence-electron chi connectivity index (χ3n) is 3.13. The topological polar surface area (TPSA) is 41.5 Å². The van der Waals surface area contributed by atoms with E-state index in [1.165, 1.54) is 16.2 Å². The van der Waals surface area contributed by atoms with Crippen molar-refractivity contribution >= 4 is 56.5 Å². The van der Waals surface area contributed by atoms with Crippen molar-refractivity contribution in [1.82, 2.24) is 5.43 Å². The number of halogens is 1. The number of carbonyl (C=O) groups excluding carboxylic acids is 1. The van der Waals surface area contributed by atoms with Crippen LogP contribution < -0.4 is 5.43 Å². The van der Waals surface area contributed by atoms with Gasteiger partial charge in [-0.1, -0.05) is 36.7 Å². The second kappa shape index (κ2) is 6.60. The molecule has 3 nitrogen and oxygen atoms in total. The monoisotopic (exact) mass is 348 g/mol. The molecule has 0 saturated carbocycles.